The van der Waals surface area contributed by atoms with E-state index in [0.29, 0.717) is 5.75 Å². The summed E-state index contributed by atoms with van der Waals surface area (Å²) in [6.45, 7) is 5.24. The van der Waals surface area contributed by atoms with Crippen molar-refractivity contribution in [2.45, 2.75) is 20.0 Å². The minimum absolute atomic E-state index is 0.0112. The van der Waals surface area contributed by atoms with Crippen LogP contribution in [-0.2, 0) is 0 Å². The van der Waals surface area contributed by atoms with E-state index >= 15 is 0 Å². The number of hydrogen-bond acceptors (Lipinski definition) is 5. The molecule has 0 aliphatic heterocycles. The maximum absolute atomic E-state index is 10.9. The number of benzene rings is 1. The second-order valence-electron chi connectivity index (χ2n) is 4.14. The van der Waals surface area contributed by atoms with Gasteiger partial charge in [0, 0.05) is 30.9 Å². The van der Waals surface area contributed by atoms with Gasteiger partial charge in [-0.1, -0.05) is 0 Å². The topological polar surface area (TPSA) is 76.4 Å². The molecule has 100 valence electrons. The number of ether oxygens (including phenoxy) is 1. The molecule has 0 unspecified atom stereocenters. The van der Waals surface area contributed by atoms with Crippen LogP contribution in [0.3, 0.4) is 0 Å². The van der Waals surface area contributed by atoms with Crippen molar-refractivity contribution in [1.29, 1.82) is 0 Å². The van der Waals surface area contributed by atoms with Crippen LogP contribution in [0.25, 0.3) is 0 Å². The van der Waals surface area contributed by atoms with Crippen LogP contribution in [0.1, 0.15) is 13.8 Å². The maximum Gasteiger partial charge on any atom is 0.311 e. The molecule has 1 rings (SSSR count). The Bertz CT molecular complexity index is 408. The molecule has 0 aliphatic rings. The van der Waals surface area contributed by atoms with Crippen molar-refractivity contribution >= 4 is 11.4 Å². The van der Waals surface area contributed by atoms with Gasteiger partial charge in [0.05, 0.1) is 11.0 Å². The van der Waals surface area contributed by atoms with Gasteiger partial charge in [0.25, 0.3) is 0 Å². The summed E-state index contributed by atoms with van der Waals surface area (Å²) >= 11 is 0. The van der Waals surface area contributed by atoms with Crippen molar-refractivity contribution in [2.75, 3.05) is 25.5 Å². The molecule has 1 aromatic carbocycles. The monoisotopic (exact) mass is 253 g/mol. The molecular formula is C12H19N3O3. The fourth-order valence-electron chi connectivity index (χ4n) is 1.46. The third-order valence-corrected chi connectivity index (χ3v) is 2.22. The van der Waals surface area contributed by atoms with E-state index in [9.17, 15) is 10.1 Å². The van der Waals surface area contributed by atoms with E-state index in [4.69, 9.17) is 4.74 Å². The highest BCUT2D eigenvalue weighted by Gasteiger charge is 2.16. The second-order valence-corrected chi connectivity index (χ2v) is 4.14. The summed E-state index contributed by atoms with van der Waals surface area (Å²) in [5.74, 6) is 0.296. The molecule has 0 spiro atoms. The molecule has 0 atom stereocenters. The lowest BCUT2D eigenvalue weighted by molar-refractivity contribution is -0.386. The van der Waals surface area contributed by atoms with Crippen LogP contribution in [0, 0.1) is 10.1 Å². The molecule has 18 heavy (non-hydrogen) atoms. The number of likely N-dealkylation sites (N-methyl/N-ethyl adjacent to an activating group) is 1. The predicted octanol–water partition coefficient (Wildman–Crippen LogP) is 2.01. The molecule has 6 heteroatoms. The Balaban J connectivity index is 2.87. The highest BCUT2D eigenvalue weighted by molar-refractivity contribution is 5.58. The molecule has 0 heterocycles. The van der Waals surface area contributed by atoms with Crippen LogP contribution in [-0.4, -0.2) is 31.2 Å². The average Bonchev–Trinajstić information content (AvgIpc) is 2.28. The third kappa shape index (κ3) is 4.21. The van der Waals surface area contributed by atoms with Gasteiger partial charge < -0.3 is 15.4 Å². The SMILES string of the molecule is CNCCNc1ccc([N+](=O)[O-])c(OC(C)C)c1. The largest absolute Gasteiger partial charge is 0.484 e. The van der Waals surface area contributed by atoms with Crippen LogP contribution in [0.4, 0.5) is 11.4 Å². The van der Waals surface area contributed by atoms with E-state index in [1.165, 1.54) is 6.07 Å². The van der Waals surface area contributed by atoms with Gasteiger partial charge in [-0.05, 0) is 27.0 Å². The Hall–Kier alpha value is -1.82. The zero-order valence-electron chi connectivity index (χ0n) is 10.9. The standard InChI is InChI=1S/C12H19N3O3/c1-9(2)18-12-8-10(14-7-6-13-3)4-5-11(12)15(16)17/h4-5,8-9,13-14H,6-7H2,1-3H3. The summed E-state index contributed by atoms with van der Waals surface area (Å²) in [4.78, 5) is 10.4. The molecular weight excluding hydrogens is 234 g/mol. The fourth-order valence-corrected chi connectivity index (χ4v) is 1.46. The molecule has 0 fully saturated rings. The van der Waals surface area contributed by atoms with Crippen molar-refractivity contribution in [3.05, 3.63) is 28.3 Å². The number of rotatable bonds is 7. The first-order valence-electron chi connectivity index (χ1n) is 5.88. The lowest BCUT2D eigenvalue weighted by atomic mass is 10.2. The Kier molecular flexibility index (Phi) is 5.38. The van der Waals surface area contributed by atoms with Crippen molar-refractivity contribution in [1.82, 2.24) is 5.32 Å². The zero-order valence-corrected chi connectivity index (χ0v) is 10.9. The van der Waals surface area contributed by atoms with Crippen LogP contribution < -0.4 is 15.4 Å². The van der Waals surface area contributed by atoms with E-state index in [0.717, 1.165) is 18.8 Å². The van der Waals surface area contributed by atoms with Crippen LogP contribution >= 0.6 is 0 Å². The second kappa shape index (κ2) is 6.80. The van der Waals surface area contributed by atoms with Crippen molar-refractivity contribution in [3.8, 4) is 5.75 Å². The van der Waals surface area contributed by atoms with Crippen LogP contribution in [0.15, 0.2) is 18.2 Å². The first-order chi connectivity index (χ1) is 8.54. The van der Waals surface area contributed by atoms with Crippen molar-refractivity contribution < 1.29 is 9.66 Å². The van der Waals surface area contributed by atoms with Gasteiger partial charge in [0.1, 0.15) is 0 Å². The molecule has 6 nitrogen and oxygen atoms in total. The minimum Gasteiger partial charge on any atom is -0.484 e. The summed E-state index contributed by atoms with van der Waals surface area (Å²) in [6, 6.07) is 4.80. The Labute approximate surface area is 106 Å². The van der Waals surface area contributed by atoms with Gasteiger partial charge in [-0.2, -0.15) is 0 Å². The van der Waals surface area contributed by atoms with E-state index in [-0.39, 0.29) is 11.8 Å². The predicted molar refractivity (Wildman–Crippen MR) is 71.3 cm³/mol. The quantitative estimate of drug-likeness (QED) is 0.441. The van der Waals surface area contributed by atoms with Gasteiger partial charge in [-0.25, -0.2) is 0 Å². The maximum atomic E-state index is 10.9. The molecule has 0 bridgehead atoms. The summed E-state index contributed by atoms with van der Waals surface area (Å²) in [6.07, 6.45) is -0.101. The highest BCUT2D eigenvalue weighted by Crippen LogP contribution is 2.30. The zero-order chi connectivity index (χ0) is 13.5. The lowest BCUT2D eigenvalue weighted by Gasteiger charge is -2.12. The summed E-state index contributed by atoms with van der Waals surface area (Å²) in [5.41, 5.74) is 0.800. The molecule has 0 aliphatic carbocycles. The fraction of sp³-hybridized carbons (Fsp3) is 0.500. The lowest BCUT2D eigenvalue weighted by Crippen LogP contribution is -2.17. The molecule has 2 N–H and O–H groups in total. The van der Waals surface area contributed by atoms with Gasteiger partial charge >= 0.3 is 5.69 Å². The van der Waals surface area contributed by atoms with E-state index in [2.05, 4.69) is 10.6 Å². The van der Waals surface area contributed by atoms with Gasteiger partial charge in [-0.3, -0.25) is 10.1 Å². The Morgan fingerprint density at radius 3 is 2.67 bits per heavy atom. The number of nitro groups is 1. The first-order valence-corrected chi connectivity index (χ1v) is 5.88. The number of anilines is 1. The van der Waals surface area contributed by atoms with E-state index in [1.54, 1.807) is 12.1 Å². The molecule has 0 radical (unpaired) electrons. The smallest absolute Gasteiger partial charge is 0.311 e. The number of nitro benzene ring substituents is 1. The first kappa shape index (κ1) is 14.2. The van der Waals surface area contributed by atoms with Crippen molar-refractivity contribution in [2.24, 2.45) is 0 Å². The van der Waals surface area contributed by atoms with E-state index in [1.807, 2.05) is 20.9 Å². The minimum atomic E-state index is -0.435. The van der Waals surface area contributed by atoms with Gasteiger partial charge in [-0.15, -0.1) is 0 Å². The molecule has 1 aromatic rings. The van der Waals surface area contributed by atoms with E-state index < -0.39 is 4.92 Å². The van der Waals surface area contributed by atoms with Crippen molar-refractivity contribution in [3.63, 3.8) is 0 Å². The number of nitrogens with one attached hydrogen (secondary N) is 2. The highest BCUT2D eigenvalue weighted by atomic mass is 16.6. The summed E-state index contributed by atoms with van der Waals surface area (Å²) < 4.78 is 5.46. The Morgan fingerprint density at radius 2 is 2.11 bits per heavy atom. The Morgan fingerprint density at radius 1 is 1.39 bits per heavy atom. The molecule has 0 saturated heterocycles. The average molecular weight is 253 g/mol. The van der Waals surface area contributed by atoms with Gasteiger partial charge in [0.15, 0.2) is 5.75 Å². The number of hydrogen-bond donors (Lipinski definition) is 2. The third-order valence-electron chi connectivity index (χ3n) is 2.22. The number of nitrogens with zero attached hydrogens (tertiary/aromatic N) is 1. The van der Waals surface area contributed by atoms with Gasteiger partial charge in [0.2, 0.25) is 0 Å². The molecule has 0 aromatic heterocycles. The molecule has 0 saturated carbocycles. The molecule has 0 amide bonds. The normalized spacial score (nSPS) is 10.4. The summed E-state index contributed by atoms with van der Waals surface area (Å²) in [7, 11) is 1.87. The summed E-state index contributed by atoms with van der Waals surface area (Å²) in [5, 5.41) is 17.0. The van der Waals surface area contributed by atoms with Crippen LogP contribution in [0.2, 0.25) is 0 Å². The van der Waals surface area contributed by atoms with Crippen LogP contribution in [0.5, 0.6) is 5.75 Å².